The van der Waals surface area contributed by atoms with Crippen LogP contribution in [0.5, 0.6) is 0 Å². The van der Waals surface area contributed by atoms with Crippen LogP contribution in [0.4, 0.5) is 0 Å². The molecule has 0 aliphatic heterocycles. The van der Waals surface area contributed by atoms with Crippen LogP contribution in [0.1, 0.15) is 39.5 Å². The van der Waals surface area contributed by atoms with E-state index in [0.717, 1.165) is 25.7 Å². The number of hydrogen-bond acceptors (Lipinski definition) is 2. The monoisotopic (exact) mass is 173 g/mol. The van der Waals surface area contributed by atoms with E-state index in [-0.39, 0.29) is 5.92 Å². The summed E-state index contributed by atoms with van der Waals surface area (Å²) in [6.07, 6.45) is 3.95. The second-order valence-electron chi connectivity index (χ2n) is 3.17. The first kappa shape index (κ1) is 11.4. The molecule has 0 bridgehead atoms. The molecule has 0 aliphatic rings. The lowest BCUT2D eigenvalue weighted by Crippen LogP contribution is -2.37. The molecule has 3 heteroatoms. The molecule has 0 fully saturated rings. The third-order valence-corrected chi connectivity index (χ3v) is 2.25. The maximum absolute atomic E-state index is 10.5. The number of rotatable bonds is 6. The van der Waals surface area contributed by atoms with Gasteiger partial charge in [0.05, 0.1) is 0 Å². The molecule has 12 heavy (non-hydrogen) atoms. The van der Waals surface area contributed by atoms with Gasteiger partial charge in [-0.1, -0.05) is 33.1 Å². The van der Waals surface area contributed by atoms with Crippen molar-refractivity contribution >= 4 is 5.97 Å². The average molecular weight is 173 g/mol. The zero-order chi connectivity index (χ0) is 9.56. The van der Waals surface area contributed by atoms with Gasteiger partial charge in [-0.3, -0.25) is 4.79 Å². The Morgan fingerprint density at radius 1 is 1.50 bits per heavy atom. The first-order valence-corrected chi connectivity index (χ1v) is 4.61. The molecule has 0 amide bonds. The fourth-order valence-electron chi connectivity index (χ4n) is 1.31. The Hall–Kier alpha value is -0.570. The molecule has 72 valence electrons. The third kappa shape index (κ3) is 3.72. The van der Waals surface area contributed by atoms with Gasteiger partial charge >= 0.3 is 5.97 Å². The van der Waals surface area contributed by atoms with Crippen molar-refractivity contribution in [3.8, 4) is 0 Å². The molecule has 0 spiro atoms. The maximum atomic E-state index is 10.5. The van der Waals surface area contributed by atoms with Gasteiger partial charge < -0.3 is 10.8 Å². The molecular weight excluding hydrogens is 154 g/mol. The first-order valence-electron chi connectivity index (χ1n) is 4.61. The zero-order valence-corrected chi connectivity index (χ0v) is 7.92. The predicted molar refractivity (Wildman–Crippen MR) is 48.9 cm³/mol. The Morgan fingerprint density at radius 2 is 2.08 bits per heavy atom. The van der Waals surface area contributed by atoms with Crippen LogP contribution in [0.25, 0.3) is 0 Å². The average Bonchev–Trinajstić information content (AvgIpc) is 2.05. The molecule has 0 aromatic rings. The molecule has 0 aromatic heterocycles. The molecule has 0 rings (SSSR count). The Kier molecular flexibility index (Phi) is 5.72. The molecule has 0 saturated heterocycles. The second kappa shape index (κ2) is 6.00. The van der Waals surface area contributed by atoms with Crippen molar-refractivity contribution in [1.82, 2.24) is 0 Å². The highest BCUT2D eigenvalue weighted by Crippen LogP contribution is 2.15. The van der Waals surface area contributed by atoms with E-state index in [1.807, 2.05) is 6.92 Å². The van der Waals surface area contributed by atoms with Crippen molar-refractivity contribution in [3.05, 3.63) is 0 Å². The summed E-state index contributed by atoms with van der Waals surface area (Å²) in [4.78, 5) is 10.5. The number of unbranched alkanes of at least 4 members (excludes halogenated alkanes) is 1. The van der Waals surface area contributed by atoms with E-state index in [2.05, 4.69) is 6.92 Å². The van der Waals surface area contributed by atoms with E-state index < -0.39 is 12.0 Å². The number of carbonyl (C=O) groups is 1. The highest BCUT2D eigenvalue weighted by atomic mass is 16.4. The summed E-state index contributed by atoms with van der Waals surface area (Å²) in [6.45, 7) is 4.09. The largest absolute Gasteiger partial charge is 0.480 e. The molecule has 3 nitrogen and oxygen atoms in total. The van der Waals surface area contributed by atoms with Gasteiger partial charge in [-0.25, -0.2) is 0 Å². The van der Waals surface area contributed by atoms with Gasteiger partial charge in [0.25, 0.3) is 0 Å². The number of hydrogen-bond donors (Lipinski definition) is 2. The van der Waals surface area contributed by atoms with Gasteiger partial charge in [-0.15, -0.1) is 0 Å². The van der Waals surface area contributed by atoms with Crippen molar-refractivity contribution in [3.63, 3.8) is 0 Å². The van der Waals surface area contributed by atoms with Crippen molar-refractivity contribution in [2.24, 2.45) is 11.7 Å². The number of aliphatic carboxylic acids is 1. The topological polar surface area (TPSA) is 63.3 Å². The lowest BCUT2D eigenvalue weighted by molar-refractivity contribution is -0.140. The fourth-order valence-corrected chi connectivity index (χ4v) is 1.31. The van der Waals surface area contributed by atoms with Crippen LogP contribution >= 0.6 is 0 Å². The fraction of sp³-hybridized carbons (Fsp3) is 0.889. The summed E-state index contributed by atoms with van der Waals surface area (Å²) >= 11 is 0. The first-order chi connectivity index (χ1) is 5.63. The Bertz CT molecular complexity index is 136. The summed E-state index contributed by atoms with van der Waals surface area (Å²) in [5, 5.41) is 8.66. The third-order valence-electron chi connectivity index (χ3n) is 2.25. The SMILES string of the molecule is CCCC[C@@H](CC)[C@H](N)C(=O)O. The number of carboxylic acids is 1. The summed E-state index contributed by atoms with van der Waals surface area (Å²) in [7, 11) is 0. The second-order valence-corrected chi connectivity index (χ2v) is 3.17. The van der Waals surface area contributed by atoms with Gasteiger partial charge in [-0.05, 0) is 12.3 Å². The molecule has 2 atom stereocenters. The van der Waals surface area contributed by atoms with Crippen molar-refractivity contribution < 1.29 is 9.90 Å². The van der Waals surface area contributed by atoms with E-state index in [4.69, 9.17) is 10.8 Å². The van der Waals surface area contributed by atoms with E-state index in [9.17, 15) is 4.79 Å². The Balaban J connectivity index is 3.87. The summed E-state index contributed by atoms with van der Waals surface area (Å²) in [5.74, 6) is -0.736. The molecule has 0 radical (unpaired) electrons. The van der Waals surface area contributed by atoms with E-state index in [0.29, 0.717) is 0 Å². The molecule has 0 heterocycles. The molecule has 0 aromatic carbocycles. The Morgan fingerprint density at radius 3 is 2.42 bits per heavy atom. The van der Waals surface area contributed by atoms with Gasteiger partial charge in [0.2, 0.25) is 0 Å². The molecule has 0 aliphatic carbocycles. The highest BCUT2D eigenvalue weighted by molar-refractivity contribution is 5.73. The molecule has 3 N–H and O–H groups in total. The van der Waals surface area contributed by atoms with Crippen LogP contribution in [0, 0.1) is 5.92 Å². The summed E-state index contributed by atoms with van der Waals surface area (Å²) in [6, 6.07) is -0.679. The molecular formula is C9H19NO2. The lowest BCUT2D eigenvalue weighted by atomic mass is 9.92. The van der Waals surface area contributed by atoms with E-state index in [1.165, 1.54) is 0 Å². The minimum Gasteiger partial charge on any atom is -0.480 e. The summed E-state index contributed by atoms with van der Waals surface area (Å²) in [5.41, 5.74) is 5.51. The lowest BCUT2D eigenvalue weighted by Gasteiger charge is -2.18. The quantitative estimate of drug-likeness (QED) is 0.641. The van der Waals surface area contributed by atoms with Crippen LogP contribution in [0.2, 0.25) is 0 Å². The van der Waals surface area contributed by atoms with Crippen molar-refractivity contribution in [2.45, 2.75) is 45.6 Å². The standard InChI is InChI=1S/C9H19NO2/c1-3-5-6-7(4-2)8(10)9(11)12/h7-8H,3-6,10H2,1-2H3,(H,11,12)/t7-,8+/m1/s1. The Labute approximate surface area is 74.0 Å². The predicted octanol–water partition coefficient (Wildman–Crippen LogP) is 1.61. The maximum Gasteiger partial charge on any atom is 0.320 e. The van der Waals surface area contributed by atoms with Crippen molar-refractivity contribution in [2.75, 3.05) is 0 Å². The molecule has 0 saturated carbocycles. The van der Waals surface area contributed by atoms with E-state index in [1.54, 1.807) is 0 Å². The number of nitrogens with two attached hydrogens (primary N) is 1. The highest BCUT2D eigenvalue weighted by Gasteiger charge is 2.21. The van der Waals surface area contributed by atoms with Gasteiger partial charge in [0.1, 0.15) is 6.04 Å². The van der Waals surface area contributed by atoms with Crippen LogP contribution in [-0.2, 0) is 4.79 Å². The summed E-state index contributed by atoms with van der Waals surface area (Å²) < 4.78 is 0. The van der Waals surface area contributed by atoms with Gasteiger partial charge in [0.15, 0.2) is 0 Å². The smallest absolute Gasteiger partial charge is 0.320 e. The van der Waals surface area contributed by atoms with Crippen molar-refractivity contribution in [1.29, 1.82) is 0 Å². The van der Waals surface area contributed by atoms with Crippen LogP contribution in [0.3, 0.4) is 0 Å². The minimum atomic E-state index is -0.877. The minimum absolute atomic E-state index is 0.141. The number of carboxylic acid groups (broad SMARTS) is 1. The van der Waals surface area contributed by atoms with Gasteiger partial charge in [0, 0.05) is 0 Å². The van der Waals surface area contributed by atoms with Crippen LogP contribution in [0.15, 0.2) is 0 Å². The molecule has 0 unspecified atom stereocenters. The van der Waals surface area contributed by atoms with Gasteiger partial charge in [-0.2, -0.15) is 0 Å². The van der Waals surface area contributed by atoms with Crippen LogP contribution in [-0.4, -0.2) is 17.1 Å². The normalized spacial score (nSPS) is 15.6. The van der Waals surface area contributed by atoms with E-state index >= 15 is 0 Å². The van der Waals surface area contributed by atoms with Crippen LogP contribution < -0.4 is 5.73 Å². The zero-order valence-electron chi connectivity index (χ0n) is 7.92.